The summed E-state index contributed by atoms with van der Waals surface area (Å²) in [4.78, 5) is 26.5. The van der Waals surface area contributed by atoms with Crippen LogP contribution in [0.3, 0.4) is 0 Å². The second-order valence-electron chi connectivity index (χ2n) is 7.51. The van der Waals surface area contributed by atoms with Crippen LogP contribution in [0.2, 0.25) is 15.1 Å². The molecule has 4 aromatic rings. The number of amides is 1. The van der Waals surface area contributed by atoms with Gasteiger partial charge in [0.05, 0.1) is 10.0 Å². The molecule has 1 unspecified atom stereocenters. The monoisotopic (exact) mass is 517 g/mol. The number of fused-ring (bicyclic) bond motifs is 1. The Labute approximate surface area is 210 Å². The van der Waals surface area contributed by atoms with E-state index >= 15 is 0 Å². The second-order valence-corrected chi connectivity index (χ2v) is 9.78. The fourth-order valence-corrected chi connectivity index (χ4v) is 5.63. The van der Waals surface area contributed by atoms with Gasteiger partial charge in [0.1, 0.15) is 4.88 Å². The maximum absolute atomic E-state index is 13.2. The third-order valence-corrected chi connectivity index (χ3v) is 7.17. The minimum absolute atomic E-state index is 0.149. The van der Waals surface area contributed by atoms with Gasteiger partial charge in [0.2, 0.25) is 6.10 Å². The van der Waals surface area contributed by atoms with Crippen LogP contribution in [0.1, 0.15) is 32.5 Å². The summed E-state index contributed by atoms with van der Waals surface area (Å²) in [6.45, 7) is 3.83. The van der Waals surface area contributed by atoms with Crippen LogP contribution in [-0.4, -0.2) is 11.9 Å². The van der Waals surface area contributed by atoms with E-state index in [0.29, 0.717) is 31.4 Å². The number of halogens is 3. The SMILES string of the molecule is Cc1ccc(C)c(NC(=O)C(OC(=O)c2sc3cc(Cl)cc(Cl)c3c2Cl)c2ccccc2)c1. The smallest absolute Gasteiger partial charge is 0.351 e. The zero-order valence-corrected chi connectivity index (χ0v) is 20.7. The Bertz CT molecular complexity index is 1370. The number of ether oxygens (including phenoxy) is 1. The maximum atomic E-state index is 13.2. The lowest BCUT2D eigenvalue weighted by Gasteiger charge is -2.19. The van der Waals surface area contributed by atoms with E-state index in [2.05, 4.69) is 5.32 Å². The van der Waals surface area contributed by atoms with Crippen molar-refractivity contribution >= 4 is 73.8 Å². The highest BCUT2D eigenvalue weighted by molar-refractivity contribution is 7.21. The molecule has 1 amide bonds. The summed E-state index contributed by atoms with van der Waals surface area (Å²) in [7, 11) is 0. The molecule has 0 aliphatic rings. The largest absolute Gasteiger partial charge is 0.443 e. The second kappa shape index (κ2) is 9.74. The average molecular weight is 519 g/mol. The van der Waals surface area contributed by atoms with Crippen molar-refractivity contribution in [1.29, 1.82) is 0 Å². The number of hydrogen-bond acceptors (Lipinski definition) is 4. The Morgan fingerprint density at radius 2 is 1.70 bits per heavy atom. The van der Waals surface area contributed by atoms with Crippen molar-refractivity contribution in [2.24, 2.45) is 0 Å². The van der Waals surface area contributed by atoms with E-state index in [1.165, 1.54) is 0 Å². The zero-order chi connectivity index (χ0) is 23.7. The number of hydrogen-bond donors (Lipinski definition) is 1. The van der Waals surface area contributed by atoms with Gasteiger partial charge in [0.25, 0.3) is 5.91 Å². The highest BCUT2D eigenvalue weighted by Gasteiger charge is 2.29. The van der Waals surface area contributed by atoms with Gasteiger partial charge in [-0.05, 0) is 43.2 Å². The minimum Gasteiger partial charge on any atom is -0.443 e. The number of anilines is 1. The quantitative estimate of drug-likeness (QED) is 0.272. The molecule has 1 atom stereocenters. The first-order valence-electron chi connectivity index (χ1n) is 9.95. The first-order valence-corrected chi connectivity index (χ1v) is 11.9. The lowest BCUT2D eigenvalue weighted by atomic mass is 10.1. The summed E-state index contributed by atoms with van der Waals surface area (Å²) in [6.07, 6.45) is -1.18. The van der Waals surface area contributed by atoms with Crippen molar-refractivity contribution in [3.63, 3.8) is 0 Å². The van der Waals surface area contributed by atoms with E-state index in [4.69, 9.17) is 39.5 Å². The van der Waals surface area contributed by atoms with Crippen LogP contribution in [-0.2, 0) is 9.53 Å². The van der Waals surface area contributed by atoms with Gasteiger partial charge in [-0.3, -0.25) is 4.79 Å². The van der Waals surface area contributed by atoms with Crippen LogP contribution < -0.4 is 5.32 Å². The molecule has 0 fully saturated rings. The minimum atomic E-state index is -1.18. The maximum Gasteiger partial charge on any atom is 0.351 e. The highest BCUT2D eigenvalue weighted by Crippen LogP contribution is 2.42. The Balaban J connectivity index is 1.68. The summed E-state index contributed by atoms with van der Waals surface area (Å²) in [6, 6.07) is 17.8. The molecular formula is C25H18Cl3NO3S. The van der Waals surface area contributed by atoms with Crippen LogP contribution in [0.5, 0.6) is 0 Å². The first kappa shape index (κ1) is 23.6. The molecule has 1 N–H and O–H groups in total. The molecule has 8 heteroatoms. The van der Waals surface area contributed by atoms with Crippen molar-refractivity contribution in [2.75, 3.05) is 5.32 Å². The van der Waals surface area contributed by atoms with Crippen molar-refractivity contribution in [1.82, 2.24) is 0 Å². The Hall–Kier alpha value is -2.57. The number of nitrogens with one attached hydrogen (secondary N) is 1. The molecular weight excluding hydrogens is 501 g/mol. The fourth-order valence-electron chi connectivity index (χ4n) is 3.37. The van der Waals surface area contributed by atoms with Gasteiger partial charge in [0.15, 0.2) is 0 Å². The van der Waals surface area contributed by atoms with Crippen LogP contribution in [0, 0.1) is 13.8 Å². The predicted octanol–water partition coefficient (Wildman–Crippen LogP) is 8.02. The number of thiophene rings is 1. The van der Waals surface area contributed by atoms with Crippen molar-refractivity contribution in [3.05, 3.63) is 97.3 Å². The van der Waals surface area contributed by atoms with Crippen LogP contribution in [0.25, 0.3) is 10.1 Å². The van der Waals surface area contributed by atoms with Crippen molar-refractivity contribution < 1.29 is 14.3 Å². The van der Waals surface area contributed by atoms with E-state index in [-0.39, 0.29) is 9.90 Å². The van der Waals surface area contributed by atoms with Crippen LogP contribution in [0.15, 0.2) is 60.7 Å². The zero-order valence-electron chi connectivity index (χ0n) is 17.6. The predicted molar refractivity (Wildman–Crippen MR) is 136 cm³/mol. The third kappa shape index (κ3) is 5.02. The fraction of sp³-hybridized carbons (Fsp3) is 0.120. The molecule has 3 aromatic carbocycles. The first-order chi connectivity index (χ1) is 15.7. The van der Waals surface area contributed by atoms with Gasteiger partial charge in [-0.25, -0.2) is 4.79 Å². The number of benzene rings is 3. The van der Waals surface area contributed by atoms with Gasteiger partial charge < -0.3 is 10.1 Å². The topological polar surface area (TPSA) is 55.4 Å². The summed E-state index contributed by atoms with van der Waals surface area (Å²) in [5.74, 6) is -1.19. The van der Waals surface area contributed by atoms with E-state index in [9.17, 15) is 9.59 Å². The third-order valence-electron chi connectivity index (χ3n) is 5.05. The van der Waals surface area contributed by atoms with E-state index in [1.54, 1.807) is 36.4 Å². The molecule has 4 rings (SSSR count). The van der Waals surface area contributed by atoms with Gasteiger partial charge in [-0.15, -0.1) is 11.3 Å². The molecule has 4 nitrogen and oxygen atoms in total. The molecule has 168 valence electrons. The molecule has 1 aromatic heterocycles. The molecule has 0 radical (unpaired) electrons. The number of aryl methyl sites for hydroxylation is 2. The normalized spacial score (nSPS) is 11.9. The molecule has 1 heterocycles. The molecule has 33 heavy (non-hydrogen) atoms. The Morgan fingerprint density at radius 3 is 2.42 bits per heavy atom. The summed E-state index contributed by atoms with van der Waals surface area (Å²) in [5, 5.41) is 4.34. The number of rotatable bonds is 5. The molecule has 0 saturated heterocycles. The molecule has 0 saturated carbocycles. The van der Waals surface area contributed by atoms with E-state index < -0.39 is 18.0 Å². The Morgan fingerprint density at radius 1 is 0.970 bits per heavy atom. The highest BCUT2D eigenvalue weighted by atomic mass is 35.5. The average Bonchev–Trinajstić information content (AvgIpc) is 3.11. The van der Waals surface area contributed by atoms with Gasteiger partial charge in [0, 0.05) is 26.4 Å². The summed E-state index contributed by atoms with van der Waals surface area (Å²) < 4.78 is 6.36. The van der Waals surface area contributed by atoms with Gasteiger partial charge in [-0.1, -0.05) is 77.3 Å². The summed E-state index contributed by atoms with van der Waals surface area (Å²) in [5.41, 5.74) is 3.08. The number of esters is 1. The van der Waals surface area contributed by atoms with Crippen LogP contribution in [0.4, 0.5) is 5.69 Å². The van der Waals surface area contributed by atoms with Crippen molar-refractivity contribution in [3.8, 4) is 0 Å². The number of carbonyl (C=O) groups is 2. The molecule has 0 bridgehead atoms. The van der Waals surface area contributed by atoms with Gasteiger partial charge in [-0.2, -0.15) is 0 Å². The van der Waals surface area contributed by atoms with Crippen LogP contribution >= 0.6 is 46.1 Å². The molecule has 0 aliphatic carbocycles. The van der Waals surface area contributed by atoms with E-state index in [0.717, 1.165) is 22.5 Å². The standard InChI is InChI=1S/C25H18Cl3NO3S/c1-13-8-9-14(2)18(10-13)29-24(30)22(15-6-4-3-5-7-15)32-25(31)23-21(28)20-17(27)11-16(26)12-19(20)33-23/h3-12,22H,1-2H3,(H,29,30). The van der Waals surface area contributed by atoms with Crippen molar-refractivity contribution in [2.45, 2.75) is 20.0 Å². The lowest BCUT2D eigenvalue weighted by molar-refractivity contribution is -0.125. The lowest BCUT2D eigenvalue weighted by Crippen LogP contribution is -2.26. The Kier molecular flexibility index (Phi) is 6.96. The summed E-state index contributed by atoms with van der Waals surface area (Å²) >= 11 is 19.9. The molecule has 0 aliphatic heterocycles. The number of carbonyl (C=O) groups excluding carboxylic acids is 2. The van der Waals surface area contributed by atoms with E-state index in [1.807, 2.05) is 38.1 Å². The molecule has 0 spiro atoms. The van der Waals surface area contributed by atoms with Gasteiger partial charge >= 0.3 is 5.97 Å².